The number of pyridine rings is 1. The van der Waals surface area contributed by atoms with Gasteiger partial charge in [0.05, 0.1) is 16.6 Å². The number of hydrogen-bond acceptors (Lipinski definition) is 6. The van der Waals surface area contributed by atoms with Crippen molar-refractivity contribution in [3.8, 4) is 11.3 Å². The van der Waals surface area contributed by atoms with Crippen LogP contribution in [-0.2, 0) is 0 Å². The van der Waals surface area contributed by atoms with Crippen molar-refractivity contribution < 1.29 is 13.9 Å². The highest BCUT2D eigenvalue weighted by atomic mass is 32.3. The number of hydrogen-bond donors (Lipinski definition) is 3. The summed E-state index contributed by atoms with van der Waals surface area (Å²) in [5.41, 5.74) is 3.40. The Bertz CT molecular complexity index is 1020. The first-order valence-corrected chi connectivity index (χ1v) is 11.0. The van der Waals surface area contributed by atoms with Crippen molar-refractivity contribution in [3.05, 3.63) is 71.4 Å². The minimum atomic E-state index is -3.01. The number of aryl methyl sites for hydroxylation is 2. The molecule has 0 aliphatic rings. The lowest BCUT2D eigenvalue weighted by atomic mass is 10.1. The van der Waals surface area contributed by atoms with E-state index < -0.39 is 10.6 Å². The van der Waals surface area contributed by atoms with E-state index in [0.29, 0.717) is 22.6 Å². The zero-order valence-corrected chi connectivity index (χ0v) is 17.6. The number of rotatable bonds is 5. The predicted octanol–water partition coefficient (Wildman–Crippen LogP) is 4.39. The second-order valence-corrected chi connectivity index (χ2v) is 9.20. The largest absolute Gasteiger partial charge is 0.345 e. The third-order valence-corrected chi connectivity index (χ3v) is 5.60. The van der Waals surface area contributed by atoms with Crippen molar-refractivity contribution in [2.24, 2.45) is 0 Å². The van der Waals surface area contributed by atoms with Crippen LogP contribution in [0.3, 0.4) is 0 Å². The van der Waals surface area contributed by atoms with E-state index in [2.05, 4.69) is 20.3 Å². The average molecular weight is 413 g/mol. The molecule has 7 nitrogen and oxygen atoms in total. The fraction of sp³-hybridized carbons (Fsp3) is 0.238. The van der Waals surface area contributed by atoms with Crippen LogP contribution in [0.15, 0.2) is 53.8 Å². The van der Waals surface area contributed by atoms with Gasteiger partial charge in [0.25, 0.3) is 5.91 Å². The smallest absolute Gasteiger partial charge is 0.251 e. The molecule has 1 aromatic carbocycles. The third kappa shape index (κ3) is 5.17. The second-order valence-electron chi connectivity index (χ2n) is 7.06. The van der Waals surface area contributed by atoms with Gasteiger partial charge in [-0.25, -0.2) is 9.97 Å². The molecule has 3 N–H and O–H groups in total. The highest BCUT2D eigenvalue weighted by Crippen LogP contribution is 2.45. The Morgan fingerprint density at radius 1 is 1.03 bits per heavy atom. The van der Waals surface area contributed by atoms with Crippen molar-refractivity contribution in [2.45, 2.75) is 31.7 Å². The summed E-state index contributed by atoms with van der Waals surface area (Å²) in [6, 6.07) is 8.29. The minimum Gasteiger partial charge on any atom is -0.345 e. The Labute approximate surface area is 171 Å². The standard InChI is InChI=1S/C21H24N4O3S/c1-13-5-6-20(24-10-13)16-7-17(9-19(8-16)29(4,27)28)21(26)25-14(2)18-11-22-15(3)23-12-18/h5-12,14,27-28H,1-4H3,(H,25,26)/t14-/m1/s1. The van der Waals surface area contributed by atoms with E-state index in [4.69, 9.17) is 0 Å². The Morgan fingerprint density at radius 2 is 1.72 bits per heavy atom. The minimum absolute atomic E-state index is 0.286. The van der Waals surface area contributed by atoms with Crippen LogP contribution < -0.4 is 5.32 Å². The van der Waals surface area contributed by atoms with E-state index in [1.165, 1.54) is 12.3 Å². The van der Waals surface area contributed by atoms with Crippen LogP contribution in [0.1, 0.15) is 40.3 Å². The van der Waals surface area contributed by atoms with Gasteiger partial charge in [-0.1, -0.05) is 6.07 Å². The van der Waals surface area contributed by atoms with Gasteiger partial charge in [-0.3, -0.25) is 18.9 Å². The zero-order chi connectivity index (χ0) is 21.2. The Hall–Kier alpha value is -2.81. The van der Waals surface area contributed by atoms with Gasteiger partial charge in [0.1, 0.15) is 5.82 Å². The van der Waals surface area contributed by atoms with Crippen molar-refractivity contribution in [2.75, 3.05) is 6.26 Å². The van der Waals surface area contributed by atoms with E-state index in [1.54, 1.807) is 37.6 Å². The molecular formula is C21H24N4O3S. The molecule has 1 amide bonds. The number of aromatic nitrogens is 3. The van der Waals surface area contributed by atoms with Crippen molar-refractivity contribution in [3.63, 3.8) is 0 Å². The fourth-order valence-corrected chi connectivity index (χ4v) is 3.43. The first-order chi connectivity index (χ1) is 13.6. The molecule has 1 atom stereocenters. The number of amides is 1. The maximum absolute atomic E-state index is 12.9. The molecule has 0 bridgehead atoms. The van der Waals surface area contributed by atoms with Crippen LogP contribution in [0.2, 0.25) is 0 Å². The van der Waals surface area contributed by atoms with Crippen molar-refractivity contribution in [1.29, 1.82) is 0 Å². The molecule has 2 aromatic heterocycles. The van der Waals surface area contributed by atoms with Gasteiger partial charge in [0.2, 0.25) is 0 Å². The Morgan fingerprint density at radius 3 is 2.31 bits per heavy atom. The van der Waals surface area contributed by atoms with Gasteiger partial charge in [-0.2, -0.15) is 10.6 Å². The van der Waals surface area contributed by atoms with Gasteiger partial charge in [-0.05, 0) is 50.6 Å². The molecule has 2 heterocycles. The number of nitrogens with zero attached hydrogens (tertiary/aromatic N) is 3. The van der Waals surface area contributed by atoms with E-state index in [9.17, 15) is 13.9 Å². The number of nitrogens with one attached hydrogen (secondary N) is 1. The Balaban J connectivity index is 1.94. The Kier molecular flexibility index (Phi) is 5.97. The molecule has 0 saturated carbocycles. The number of carbonyl (C=O) groups is 1. The summed E-state index contributed by atoms with van der Waals surface area (Å²) in [5.74, 6) is 0.320. The lowest BCUT2D eigenvalue weighted by Crippen LogP contribution is -2.27. The molecule has 0 fully saturated rings. The summed E-state index contributed by atoms with van der Waals surface area (Å²) >= 11 is 0. The number of carbonyl (C=O) groups excluding carboxylic acids is 1. The average Bonchev–Trinajstić information content (AvgIpc) is 2.68. The molecule has 3 aromatic rings. The molecule has 8 heteroatoms. The van der Waals surface area contributed by atoms with Crippen LogP contribution in [0.4, 0.5) is 0 Å². The predicted molar refractivity (Wildman–Crippen MR) is 114 cm³/mol. The zero-order valence-electron chi connectivity index (χ0n) is 16.7. The first-order valence-electron chi connectivity index (χ1n) is 9.04. The third-order valence-electron chi connectivity index (χ3n) is 4.47. The van der Waals surface area contributed by atoms with Gasteiger partial charge in [0.15, 0.2) is 0 Å². The highest BCUT2D eigenvalue weighted by molar-refractivity contribution is 8.23. The lowest BCUT2D eigenvalue weighted by Gasteiger charge is -2.28. The van der Waals surface area contributed by atoms with Gasteiger partial charge < -0.3 is 5.32 Å². The SMILES string of the molecule is Cc1ccc(-c2cc(C(=O)N[C@H](C)c3cnc(C)nc3)cc(S(C)(O)O)c2)nc1. The maximum atomic E-state index is 12.9. The normalized spacial score (nSPS) is 13.0. The van der Waals surface area contributed by atoms with E-state index >= 15 is 0 Å². The molecular weight excluding hydrogens is 388 g/mol. The number of benzene rings is 1. The van der Waals surface area contributed by atoms with E-state index in [-0.39, 0.29) is 16.8 Å². The van der Waals surface area contributed by atoms with Crippen molar-refractivity contribution in [1.82, 2.24) is 20.3 Å². The van der Waals surface area contributed by atoms with Crippen LogP contribution in [-0.4, -0.2) is 36.2 Å². The summed E-state index contributed by atoms with van der Waals surface area (Å²) in [5, 5.41) is 2.91. The quantitative estimate of drug-likeness (QED) is 0.574. The summed E-state index contributed by atoms with van der Waals surface area (Å²) in [6.07, 6.45) is 6.41. The van der Waals surface area contributed by atoms with E-state index in [0.717, 1.165) is 11.1 Å². The first kappa shape index (κ1) is 20.9. The van der Waals surface area contributed by atoms with E-state index in [1.807, 2.05) is 26.0 Å². The van der Waals surface area contributed by atoms with Gasteiger partial charge >= 0.3 is 0 Å². The molecule has 3 rings (SSSR count). The summed E-state index contributed by atoms with van der Waals surface area (Å²) < 4.78 is 20.3. The van der Waals surface area contributed by atoms with Crippen LogP contribution in [0, 0.1) is 13.8 Å². The summed E-state index contributed by atoms with van der Waals surface area (Å²) in [7, 11) is -3.01. The molecule has 0 radical (unpaired) electrons. The monoisotopic (exact) mass is 412 g/mol. The molecule has 0 spiro atoms. The van der Waals surface area contributed by atoms with Crippen LogP contribution >= 0.6 is 10.6 Å². The molecule has 0 aliphatic carbocycles. The maximum Gasteiger partial charge on any atom is 0.251 e. The highest BCUT2D eigenvalue weighted by Gasteiger charge is 2.18. The fourth-order valence-electron chi connectivity index (χ4n) is 2.73. The van der Waals surface area contributed by atoms with Crippen molar-refractivity contribution >= 4 is 16.5 Å². The lowest BCUT2D eigenvalue weighted by molar-refractivity contribution is 0.0939. The molecule has 152 valence electrons. The van der Waals surface area contributed by atoms with Crippen LogP contribution in [0.25, 0.3) is 11.3 Å². The second kappa shape index (κ2) is 8.28. The molecule has 0 aliphatic heterocycles. The molecule has 29 heavy (non-hydrogen) atoms. The summed E-state index contributed by atoms with van der Waals surface area (Å²) in [6.45, 7) is 5.57. The van der Waals surface area contributed by atoms with Crippen LogP contribution in [0.5, 0.6) is 0 Å². The molecule has 0 saturated heterocycles. The molecule has 0 unspecified atom stereocenters. The van der Waals surface area contributed by atoms with Gasteiger partial charge in [-0.15, -0.1) is 0 Å². The topological polar surface area (TPSA) is 108 Å². The summed E-state index contributed by atoms with van der Waals surface area (Å²) in [4.78, 5) is 25.9. The van der Waals surface area contributed by atoms with Gasteiger partial charge in [0, 0.05) is 41.5 Å².